The Morgan fingerprint density at radius 2 is 2.00 bits per heavy atom. The minimum atomic E-state index is -0.453. The Kier molecular flexibility index (Phi) is 5.78. The van der Waals surface area contributed by atoms with Crippen molar-refractivity contribution in [3.63, 3.8) is 0 Å². The molecule has 2 N–H and O–H groups in total. The number of nitrogens with one attached hydrogen (secondary N) is 2. The summed E-state index contributed by atoms with van der Waals surface area (Å²) >= 11 is 0. The molecule has 2 rings (SSSR count). The number of rotatable bonds is 9. The van der Waals surface area contributed by atoms with Crippen LogP contribution in [0.1, 0.15) is 39.0 Å². The number of hydrogen-bond acceptors (Lipinski definition) is 4. The van der Waals surface area contributed by atoms with Gasteiger partial charge >= 0.3 is 5.69 Å². The van der Waals surface area contributed by atoms with Crippen LogP contribution in [0, 0.1) is 0 Å². The van der Waals surface area contributed by atoms with Gasteiger partial charge in [0.1, 0.15) is 0 Å². The van der Waals surface area contributed by atoms with Gasteiger partial charge in [-0.05, 0) is 6.42 Å². The molecule has 2 aromatic heterocycles. The van der Waals surface area contributed by atoms with Crippen LogP contribution < -0.4 is 16.6 Å². The molecule has 0 bridgehead atoms. The summed E-state index contributed by atoms with van der Waals surface area (Å²) in [6, 6.07) is 0. The van der Waals surface area contributed by atoms with E-state index in [1.807, 2.05) is 4.57 Å². The summed E-state index contributed by atoms with van der Waals surface area (Å²) in [6.07, 6.45) is 7.42. The second kappa shape index (κ2) is 7.80. The third-order valence-electron chi connectivity index (χ3n) is 3.90. The third kappa shape index (κ3) is 3.72. The summed E-state index contributed by atoms with van der Waals surface area (Å²) < 4.78 is 3.23. The van der Waals surface area contributed by atoms with Gasteiger partial charge < -0.3 is 9.88 Å². The maximum atomic E-state index is 12.2. The molecule has 0 saturated carbocycles. The van der Waals surface area contributed by atoms with Crippen LogP contribution in [0.25, 0.3) is 11.2 Å². The summed E-state index contributed by atoms with van der Waals surface area (Å²) in [4.78, 5) is 30.7. The Hall–Kier alpha value is -2.31. The van der Waals surface area contributed by atoms with E-state index in [1.165, 1.54) is 23.8 Å². The van der Waals surface area contributed by atoms with Crippen molar-refractivity contribution in [1.82, 2.24) is 19.1 Å². The van der Waals surface area contributed by atoms with Gasteiger partial charge in [-0.25, -0.2) is 4.79 Å². The first kappa shape index (κ1) is 17.1. The highest BCUT2D eigenvalue weighted by atomic mass is 16.2. The Morgan fingerprint density at radius 1 is 1.26 bits per heavy atom. The minimum Gasteiger partial charge on any atom is -0.352 e. The number of aryl methyl sites for hydroxylation is 2. The fourth-order valence-corrected chi connectivity index (χ4v) is 2.62. The number of hydrogen-bond donors (Lipinski definition) is 2. The lowest BCUT2D eigenvalue weighted by molar-refractivity contribution is 0.577. The van der Waals surface area contributed by atoms with E-state index in [0.717, 1.165) is 12.8 Å². The predicted octanol–water partition coefficient (Wildman–Crippen LogP) is 1.99. The number of aromatic nitrogens is 4. The Bertz CT molecular complexity index is 784. The highest BCUT2D eigenvalue weighted by molar-refractivity contribution is 5.74. The second-order valence-corrected chi connectivity index (χ2v) is 5.66. The van der Waals surface area contributed by atoms with Crippen LogP contribution in [-0.2, 0) is 13.6 Å². The monoisotopic (exact) mass is 319 g/mol. The van der Waals surface area contributed by atoms with Crippen LogP contribution in [0.2, 0.25) is 0 Å². The minimum absolute atomic E-state index is 0.393. The molecule has 2 heterocycles. The Morgan fingerprint density at radius 3 is 2.70 bits per heavy atom. The van der Waals surface area contributed by atoms with Crippen molar-refractivity contribution in [2.45, 2.75) is 45.6 Å². The van der Waals surface area contributed by atoms with Crippen LogP contribution in [0.15, 0.2) is 22.2 Å². The van der Waals surface area contributed by atoms with E-state index in [0.29, 0.717) is 30.2 Å². The number of nitrogens with zero attached hydrogens (tertiary/aromatic N) is 3. The van der Waals surface area contributed by atoms with Crippen molar-refractivity contribution < 1.29 is 0 Å². The standard InChI is InChI=1S/C16H25N5O2/c1-4-6-7-8-9-11-21-12-13(18-15(21)17-10-5-2)20(3)16(23)19-14(12)22/h5H,2,4,6-11H2,1,3H3,(H,17,18)(H,19,22,23). The van der Waals surface area contributed by atoms with E-state index in [1.54, 1.807) is 13.1 Å². The Labute approximate surface area is 135 Å². The van der Waals surface area contributed by atoms with E-state index in [2.05, 4.69) is 28.8 Å². The lowest BCUT2D eigenvalue weighted by Crippen LogP contribution is -2.29. The number of imidazole rings is 1. The first-order valence-electron chi connectivity index (χ1n) is 8.14. The van der Waals surface area contributed by atoms with Crippen LogP contribution in [0.3, 0.4) is 0 Å². The molecule has 0 aliphatic carbocycles. The zero-order valence-corrected chi connectivity index (χ0v) is 13.9. The maximum absolute atomic E-state index is 12.2. The van der Waals surface area contributed by atoms with Gasteiger partial charge in [0.05, 0.1) is 0 Å². The molecule has 23 heavy (non-hydrogen) atoms. The molecule has 2 aromatic rings. The fraction of sp³-hybridized carbons (Fsp3) is 0.562. The molecule has 126 valence electrons. The molecule has 7 heteroatoms. The average molecular weight is 319 g/mol. The summed E-state index contributed by atoms with van der Waals surface area (Å²) in [7, 11) is 1.61. The van der Waals surface area contributed by atoms with Crippen LogP contribution in [0.4, 0.5) is 5.95 Å². The molecule has 0 fully saturated rings. The smallest absolute Gasteiger partial charge is 0.329 e. The quantitative estimate of drug-likeness (QED) is 0.547. The molecule has 0 unspecified atom stereocenters. The van der Waals surface area contributed by atoms with Crippen LogP contribution >= 0.6 is 0 Å². The van der Waals surface area contributed by atoms with Gasteiger partial charge in [0.2, 0.25) is 5.95 Å². The van der Waals surface area contributed by atoms with Crippen molar-refractivity contribution in [3.05, 3.63) is 33.5 Å². The lowest BCUT2D eigenvalue weighted by atomic mass is 10.1. The largest absolute Gasteiger partial charge is 0.352 e. The summed E-state index contributed by atoms with van der Waals surface area (Å²) in [6.45, 7) is 7.11. The van der Waals surface area contributed by atoms with Crippen molar-refractivity contribution in [3.8, 4) is 0 Å². The Balaban J connectivity index is 2.37. The number of fused-ring (bicyclic) bond motifs is 1. The molecule has 7 nitrogen and oxygen atoms in total. The van der Waals surface area contributed by atoms with E-state index < -0.39 is 11.2 Å². The van der Waals surface area contributed by atoms with E-state index in [4.69, 9.17) is 0 Å². The summed E-state index contributed by atoms with van der Waals surface area (Å²) in [5.41, 5.74) is -0.00537. The molecule has 0 spiro atoms. The number of anilines is 1. The molecule has 0 aromatic carbocycles. The number of unbranched alkanes of at least 4 members (excludes halogenated alkanes) is 4. The van der Waals surface area contributed by atoms with E-state index in [-0.39, 0.29) is 0 Å². The normalized spacial score (nSPS) is 11.0. The van der Waals surface area contributed by atoms with Crippen LogP contribution in [-0.4, -0.2) is 25.6 Å². The van der Waals surface area contributed by atoms with Crippen molar-refractivity contribution in [2.75, 3.05) is 11.9 Å². The van der Waals surface area contributed by atoms with Crippen LogP contribution in [0.5, 0.6) is 0 Å². The molecule has 0 saturated heterocycles. The van der Waals surface area contributed by atoms with Crippen molar-refractivity contribution in [2.24, 2.45) is 7.05 Å². The van der Waals surface area contributed by atoms with E-state index in [9.17, 15) is 9.59 Å². The molecule has 0 aliphatic heterocycles. The van der Waals surface area contributed by atoms with Crippen molar-refractivity contribution >= 4 is 17.1 Å². The summed E-state index contributed by atoms with van der Waals surface area (Å²) in [5, 5.41) is 3.14. The van der Waals surface area contributed by atoms with Gasteiger partial charge in [0.25, 0.3) is 5.56 Å². The van der Waals surface area contributed by atoms with Crippen molar-refractivity contribution in [1.29, 1.82) is 0 Å². The number of aromatic amines is 1. The first-order valence-corrected chi connectivity index (χ1v) is 8.14. The highest BCUT2D eigenvalue weighted by Gasteiger charge is 2.16. The second-order valence-electron chi connectivity index (χ2n) is 5.66. The zero-order valence-electron chi connectivity index (χ0n) is 13.9. The summed E-state index contributed by atoms with van der Waals surface area (Å²) in [5.74, 6) is 0.599. The molecular weight excluding hydrogens is 294 g/mol. The van der Waals surface area contributed by atoms with Gasteiger partial charge in [0.15, 0.2) is 11.2 Å². The molecule has 0 amide bonds. The predicted molar refractivity (Wildman–Crippen MR) is 93.0 cm³/mol. The highest BCUT2D eigenvalue weighted by Crippen LogP contribution is 2.17. The van der Waals surface area contributed by atoms with E-state index >= 15 is 0 Å². The third-order valence-corrected chi connectivity index (χ3v) is 3.90. The van der Waals surface area contributed by atoms with Gasteiger partial charge in [-0.2, -0.15) is 4.98 Å². The number of H-pyrrole nitrogens is 1. The van der Waals surface area contributed by atoms with Gasteiger partial charge in [-0.1, -0.05) is 38.7 Å². The maximum Gasteiger partial charge on any atom is 0.329 e. The van der Waals surface area contributed by atoms with Gasteiger partial charge in [-0.3, -0.25) is 14.3 Å². The molecule has 0 atom stereocenters. The zero-order chi connectivity index (χ0) is 16.8. The molecule has 0 radical (unpaired) electrons. The SMILES string of the molecule is C=CCNc1nc2c(c(=O)[nH]c(=O)n2C)n1CCCCCCC. The molecule has 0 aliphatic rings. The topological polar surface area (TPSA) is 84.7 Å². The first-order chi connectivity index (χ1) is 11.1. The van der Waals surface area contributed by atoms with Gasteiger partial charge in [-0.15, -0.1) is 6.58 Å². The average Bonchev–Trinajstić information content (AvgIpc) is 2.90. The lowest BCUT2D eigenvalue weighted by Gasteiger charge is -2.09. The fourth-order valence-electron chi connectivity index (χ4n) is 2.62. The van der Waals surface area contributed by atoms with Gasteiger partial charge in [0, 0.05) is 20.1 Å². The molecular formula is C16H25N5O2.